The normalized spacial score (nSPS) is 9.93. The fourth-order valence-electron chi connectivity index (χ4n) is 1.33. The van der Waals surface area contributed by atoms with E-state index in [1.807, 2.05) is 25.1 Å². The molecule has 82 valence electrons. The Morgan fingerprint density at radius 1 is 1.47 bits per heavy atom. The lowest BCUT2D eigenvalue weighted by Crippen LogP contribution is -2.13. The number of carbonyl (C=O) groups is 1. The average molecular weight is 207 g/mol. The highest BCUT2D eigenvalue weighted by molar-refractivity contribution is 5.73. The fourth-order valence-corrected chi connectivity index (χ4v) is 1.33. The van der Waals surface area contributed by atoms with Crippen LogP contribution in [0, 0.1) is 6.92 Å². The SMILES string of the molecule is Cc1ccc(NCCCC(N)=O)c(N)c1. The van der Waals surface area contributed by atoms with Crippen molar-refractivity contribution < 1.29 is 4.79 Å². The maximum absolute atomic E-state index is 10.5. The Hall–Kier alpha value is -1.71. The Kier molecular flexibility index (Phi) is 3.97. The zero-order valence-corrected chi connectivity index (χ0v) is 8.92. The van der Waals surface area contributed by atoms with Gasteiger partial charge in [0.05, 0.1) is 11.4 Å². The first-order valence-corrected chi connectivity index (χ1v) is 4.98. The number of anilines is 2. The van der Waals surface area contributed by atoms with Crippen LogP contribution in [0.3, 0.4) is 0 Å². The summed E-state index contributed by atoms with van der Waals surface area (Å²) in [5.74, 6) is -0.270. The molecule has 0 radical (unpaired) electrons. The van der Waals surface area contributed by atoms with Crippen LogP contribution in [-0.2, 0) is 4.79 Å². The Morgan fingerprint density at radius 2 is 2.20 bits per heavy atom. The van der Waals surface area contributed by atoms with E-state index >= 15 is 0 Å². The highest BCUT2D eigenvalue weighted by Gasteiger charge is 1.98. The van der Waals surface area contributed by atoms with Crippen LogP contribution in [0.2, 0.25) is 0 Å². The van der Waals surface area contributed by atoms with Crippen LogP contribution in [-0.4, -0.2) is 12.5 Å². The Balaban J connectivity index is 2.40. The molecular formula is C11H17N3O. The molecule has 0 bridgehead atoms. The zero-order valence-electron chi connectivity index (χ0n) is 8.92. The summed E-state index contributed by atoms with van der Waals surface area (Å²) >= 11 is 0. The van der Waals surface area contributed by atoms with E-state index in [2.05, 4.69) is 5.32 Å². The van der Waals surface area contributed by atoms with E-state index in [4.69, 9.17) is 11.5 Å². The minimum atomic E-state index is -0.270. The van der Waals surface area contributed by atoms with E-state index in [1.165, 1.54) is 0 Å². The number of nitrogens with two attached hydrogens (primary N) is 2. The van der Waals surface area contributed by atoms with Gasteiger partial charge in [-0.15, -0.1) is 0 Å². The quantitative estimate of drug-likeness (QED) is 0.502. The summed E-state index contributed by atoms with van der Waals surface area (Å²) in [5.41, 5.74) is 13.6. The highest BCUT2D eigenvalue weighted by Crippen LogP contribution is 2.19. The summed E-state index contributed by atoms with van der Waals surface area (Å²) in [6, 6.07) is 5.85. The molecule has 15 heavy (non-hydrogen) atoms. The molecule has 1 rings (SSSR count). The first-order chi connectivity index (χ1) is 7.09. The van der Waals surface area contributed by atoms with Gasteiger partial charge in [0.15, 0.2) is 0 Å². The second-order valence-electron chi connectivity index (χ2n) is 3.59. The Bertz CT molecular complexity index is 350. The van der Waals surface area contributed by atoms with Crippen molar-refractivity contribution >= 4 is 17.3 Å². The molecule has 4 heteroatoms. The molecule has 0 heterocycles. The van der Waals surface area contributed by atoms with Gasteiger partial charge in [0, 0.05) is 13.0 Å². The maximum Gasteiger partial charge on any atom is 0.217 e. The first-order valence-electron chi connectivity index (χ1n) is 4.98. The molecule has 1 amide bonds. The molecule has 1 aromatic carbocycles. The lowest BCUT2D eigenvalue weighted by Gasteiger charge is -2.09. The molecule has 0 saturated heterocycles. The lowest BCUT2D eigenvalue weighted by atomic mass is 10.2. The lowest BCUT2D eigenvalue weighted by molar-refractivity contribution is -0.118. The van der Waals surface area contributed by atoms with E-state index in [9.17, 15) is 4.79 Å². The number of nitrogens with one attached hydrogen (secondary N) is 1. The number of hydrogen-bond acceptors (Lipinski definition) is 3. The van der Waals surface area contributed by atoms with Crippen LogP contribution in [0.4, 0.5) is 11.4 Å². The van der Waals surface area contributed by atoms with Gasteiger partial charge in [-0.2, -0.15) is 0 Å². The molecule has 0 fully saturated rings. The summed E-state index contributed by atoms with van der Waals surface area (Å²) in [5, 5.41) is 3.16. The van der Waals surface area contributed by atoms with Crippen LogP contribution in [0.15, 0.2) is 18.2 Å². The van der Waals surface area contributed by atoms with Gasteiger partial charge in [-0.25, -0.2) is 0 Å². The van der Waals surface area contributed by atoms with Crippen LogP contribution in [0.5, 0.6) is 0 Å². The summed E-state index contributed by atoms with van der Waals surface area (Å²) in [4.78, 5) is 10.5. The van der Waals surface area contributed by atoms with Crippen molar-refractivity contribution in [2.24, 2.45) is 5.73 Å². The highest BCUT2D eigenvalue weighted by atomic mass is 16.1. The van der Waals surface area contributed by atoms with Crippen molar-refractivity contribution in [1.29, 1.82) is 0 Å². The second-order valence-corrected chi connectivity index (χ2v) is 3.59. The topological polar surface area (TPSA) is 81.1 Å². The molecule has 0 spiro atoms. The van der Waals surface area contributed by atoms with Gasteiger partial charge in [-0.1, -0.05) is 6.07 Å². The minimum Gasteiger partial charge on any atom is -0.397 e. The van der Waals surface area contributed by atoms with Gasteiger partial charge >= 0.3 is 0 Å². The van der Waals surface area contributed by atoms with E-state index in [0.717, 1.165) is 23.4 Å². The van der Waals surface area contributed by atoms with E-state index in [0.29, 0.717) is 13.0 Å². The third-order valence-electron chi connectivity index (χ3n) is 2.12. The van der Waals surface area contributed by atoms with Crippen molar-refractivity contribution in [1.82, 2.24) is 0 Å². The molecule has 5 N–H and O–H groups in total. The van der Waals surface area contributed by atoms with Crippen LogP contribution < -0.4 is 16.8 Å². The van der Waals surface area contributed by atoms with Gasteiger partial charge < -0.3 is 16.8 Å². The fraction of sp³-hybridized carbons (Fsp3) is 0.364. The van der Waals surface area contributed by atoms with Gasteiger partial charge in [0.2, 0.25) is 5.91 Å². The van der Waals surface area contributed by atoms with Gasteiger partial charge in [-0.3, -0.25) is 4.79 Å². The number of amides is 1. The molecule has 0 aromatic heterocycles. The first kappa shape index (κ1) is 11.4. The Morgan fingerprint density at radius 3 is 2.80 bits per heavy atom. The van der Waals surface area contributed by atoms with Crippen LogP contribution in [0.25, 0.3) is 0 Å². The molecule has 0 aliphatic heterocycles. The molecule has 0 saturated carbocycles. The largest absolute Gasteiger partial charge is 0.397 e. The molecule has 4 nitrogen and oxygen atoms in total. The van der Waals surface area contributed by atoms with Crippen LogP contribution in [0.1, 0.15) is 18.4 Å². The molecule has 0 unspecified atom stereocenters. The number of rotatable bonds is 5. The summed E-state index contributed by atoms with van der Waals surface area (Å²) in [7, 11) is 0. The van der Waals surface area contributed by atoms with Gasteiger partial charge in [0.25, 0.3) is 0 Å². The summed E-state index contributed by atoms with van der Waals surface area (Å²) < 4.78 is 0. The predicted molar refractivity (Wildman–Crippen MR) is 62.5 cm³/mol. The van der Waals surface area contributed by atoms with Gasteiger partial charge in [-0.05, 0) is 31.0 Å². The average Bonchev–Trinajstić information content (AvgIpc) is 2.14. The van der Waals surface area contributed by atoms with Crippen molar-refractivity contribution in [2.75, 3.05) is 17.6 Å². The molecule has 1 aromatic rings. The molecular weight excluding hydrogens is 190 g/mol. The van der Waals surface area contributed by atoms with E-state index in [1.54, 1.807) is 0 Å². The third kappa shape index (κ3) is 3.89. The molecule has 0 atom stereocenters. The monoisotopic (exact) mass is 207 g/mol. The number of primary amides is 1. The number of carbonyl (C=O) groups excluding carboxylic acids is 1. The predicted octanol–water partition coefficient (Wildman–Crippen LogP) is 1.25. The van der Waals surface area contributed by atoms with E-state index < -0.39 is 0 Å². The second kappa shape index (κ2) is 5.24. The van der Waals surface area contributed by atoms with Gasteiger partial charge in [0.1, 0.15) is 0 Å². The van der Waals surface area contributed by atoms with E-state index in [-0.39, 0.29) is 5.91 Å². The zero-order chi connectivity index (χ0) is 11.3. The molecule has 0 aliphatic carbocycles. The Labute approximate surface area is 89.6 Å². The maximum atomic E-state index is 10.5. The number of benzene rings is 1. The summed E-state index contributed by atoms with van der Waals surface area (Å²) in [6.07, 6.45) is 1.13. The number of aryl methyl sites for hydroxylation is 1. The standard InChI is InChI=1S/C11H17N3O/c1-8-4-5-10(9(12)7-8)14-6-2-3-11(13)15/h4-5,7,14H,2-3,6,12H2,1H3,(H2,13,15). The van der Waals surface area contributed by atoms with Crippen molar-refractivity contribution in [3.8, 4) is 0 Å². The number of nitrogen functional groups attached to an aromatic ring is 1. The summed E-state index contributed by atoms with van der Waals surface area (Å²) in [6.45, 7) is 2.70. The minimum absolute atomic E-state index is 0.270. The van der Waals surface area contributed by atoms with Crippen molar-refractivity contribution in [3.05, 3.63) is 23.8 Å². The van der Waals surface area contributed by atoms with Crippen molar-refractivity contribution in [3.63, 3.8) is 0 Å². The van der Waals surface area contributed by atoms with Crippen molar-refractivity contribution in [2.45, 2.75) is 19.8 Å². The van der Waals surface area contributed by atoms with Crippen LogP contribution >= 0.6 is 0 Å². The third-order valence-corrected chi connectivity index (χ3v) is 2.12. The molecule has 0 aliphatic rings. The number of hydrogen-bond donors (Lipinski definition) is 3. The smallest absolute Gasteiger partial charge is 0.217 e.